The number of piperidine rings is 1. The molecule has 0 radical (unpaired) electrons. The molecule has 3 rings (SSSR count). The van der Waals surface area contributed by atoms with E-state index in [0.717, 1.165) is 25.0 Å². The van der Waals surface area contributed by atoms with Crippen LogP contribution in [0, 0.1) is 5.82 Å². The van der Waals surface area contributed by atoms with E-state index in [2.05, 4.69) is 5.32 Å². The van der Waals surface area contributed by atoms with E-state index in [0.29, 0.717) is 26.2 Å². The largest absolute Gasteiger partial charge is 0.352 e. The number of hydrogen-bond donors (Lipinski definition) is 1. The van der Waals surface area contributed by atoms with E-state index in [9.17, 15) is 22.4 Å². The van der Waals surface area contributed by atoms with Gasteiger partial charge in [0, 0.05) is 52.2 Å². The number of benzene rings is 1. The van der Waals surface area contributed by atoms with Crippen LogP contribution in [-0.2, 0) is 19.6 Å². The smallest absolute Gasteiger partial charge is 0.243 e. The maximum absolute atomic E-state index is 13.3. The molecular formula is C19H26ClFN4O4S. The summed E-state index contributed by atoms with van der Waals surface area (Å²) in [6.07, 6.45) is 1.47. The Morgan fingerprint density at radius 2 is 1.77 bits per heavy atom. The number of amides is 2. The molecule has 1 aromatic carbocycles. The number of likely N-dealkylation sites (tertiary alicyclic amines) is 1. The molecule has 11 heteroatoms. The maximum Gasteiger partial charge on any atom is 0.243 e. The normalized spacial score (nSPS) is 19.6. The molecule has 0 saturated carbocycles. The van der Waals surface area contributed by atoms with E-state index < -0.39 is 15.8 Å². The van der Waals surface area contributed by atoms with Gasteiger partial charge in [0.05, 0.1) is 16.5 Å². The van der Waals surface area contributed by atoms with Gasteiger partial charge in [-0.15, -0.1) is 0 Å². The molecule has 2 saturated heterocycles. The highest BCUT2D eigenvalue weighted by Crippen LogP contribution is 2.23. The number of nitrogens with zero attached hydrogens (tertiary/aromatic N) is 3. The fraction of sp³-hybridized carbons (Fsp3) is 0.579. The van der Waals surface area contributed by atoms with Gasteiger partial charge in [-0.05, 0) is 31.0 Å². The van der Waals surface area contributed by atoms with Crippen LogP contribution in [0.25, 0.3) is 0 Å². The van der Waals surface area contributed by atoms with Crippen LogP contribution in [0.3, 0.4) is 0 Å². The summed E-state index contributed by atoms with van der Waals surface area (Å²) in [4.78, 5) is 27.4. The number of hydrogen-bond acceptors (Lipinski definition) is 5. The molecule has 30 heavy (non-hydrogen) atoms. The number of sulfonamides is 1. The predicted molar refractivity (Wildman–Crippen MR) is 110 cm³/mol. The highest BCUT2D eigenvalue weighted by atomic mass is 35.5. The van der Waals surface area contributed by atoms with Gasteiger partial charge in [0.2, 0.25) is 21.8 Å². The van der Waals surface area contributed by atoms with Crippen LogP contribution in [0.4, 0.5) is 4.39 Å². The molecule has 0 aliphatic carbocycles. The number of nitrogens with one attached hydrogen (secondary N) is 1. The molecule has 2 fully saturated rings. The van der Waals surface area contributed by atoms with E-state index in [4.69, 9.17) is 11.6 Å². The first-order valence-electron chi connectivity index (χ1n) is 9.89. The monoisotopic (exact) mass is 460 g/mol. The fourth-order valence-electron chi connectivity index (χ4n) is 3.73. The third-order valence-corrected chi connectivity index (χ3v) is 7.72. The van der Waals surface area contributed by atoms with Crippen LogP contribution >= 0.6 is 11.6 Å². The molecule has 1 aromatic rings. The minimum Gasteiger partial charge on any atom is -0.352 e. The summed E-state index contributed by atoms with van der Waals surface area (Å²) < 4.78 is 40.1. The zero-order chi connectivity index (χ0) is 21.9. The Balaban J connectivity index is 1.46. The van der Waals surface area contributed by atoms with Gasteiger partial charge in [-0.25, -0.2) is 12.8 Å². The van der Waals surface area contributed by atoms with Crippen LogP contribution in [0.2, 0.25) is 5.02 Å². The van der Waals surface area contributed by atoms with Crippen molar-refractivity contribution in [1.29, 1.82) is 0 Å². The third kappa shape index (κ3) is 5.48. The summed E-state index contributed by atoms with van der Waals surface area (Å²) in [5.74, 6) is -0.716. The molecule has 0 spiro atoms. The lowest BCUT2D eigenvalue weighted by Gasteiger charge is -2.35. The van der Waals surface area contributed by atoms with Crippen LogP contribution in [0.1, 0.15) is 19.8 Å². The summed E-state index contributed by atoms with van der Waals surface area (Å²) >= 11 is 5.71. The number of carbonyl (C=O) groups is 2. The van der Waals surface area contributed by atoms with E-state index in [1.54, 1.807) is 11.8 Å². The first-order valence-corrected chi connectivity index (χ1v) is 11.7. The minimum absolute atomic E-state index is 0.0444. The number of rotatable bonds is 5. The van der Waals surface area contributed by atoms with E-state index in [-0.39, 0.29) is 47.4 Å². The molecule has 0 unspecified atom stereocenters. The Morgan fingerprint density at radius 1 is 1.13 bits per heavy atom. The minimum atomic E-state index is -3.77. The van der Waals surface area contributed by atoms with Gasteiger partial charge in [0.15, 0.2) is 0 Å². The van der Waals surface area contributed by atoms with E-state index >= 15 is 0 Å². The van der Waals surface area contributed by atoms with Gasteiger partial charge in [-0.3, -0.25) is 14.5 Å². The average Bonchev–Trinajstić information content (AvgIpc) is 2.70. The molecular weight excluding hydrogens is 435 g/mol. The van der Waals surface area contributed by atoms with Crippen molar-refractivity contribution in [2.24, 2.45) is 0 Å². The lowest BCUT2D eigenvalue weighted by Crippen LogP contribution is -2.52. The van der Waals surface area contributed by atoms with Crippen molar-refractivity contribution in [2.45, 2.75) is 30.7 Å². The summed E-state index contributed by atoms with van der Waals surface area (Å²) in [6.45, 7) is 4.35. The van der Waals surface area contributed by atoms with Gasteiger partial charge in [0.1, 0.15) is 5.82 Å². The van der Waals surface area contributed by atoms with Crippen LogP contribution in [0.5, 0.6) is 0 Å². The molecule has 2 amide bonds. The zero-order valence-corrected chi connectivity index (χ0v) is 18.4. The van der Waals surface area contributed by atoms with Crippen molar-refractivity contribution in [3.05, 3.63) is 29.0 Å². The molecule has 8 nitrogen and oxygen atoms in total. The lowest BCUT2D eigenvalue weighted by atomic mass is 10.1. The quantitative estimate of drug-likeness (QED) is 0.705. The Kier molecular flexibility index (Phi) is 7.33. The van der Waals surface area contributed by atoms with Crippen molar-refractivity contribution in [2.75, 3.05) is 45.8 Å². The standard InChI is InChI=1S/C19H26ClFN4O4S/c1-14(26)24-6-4-15(5-7-24)22-19(27)13-23-8-10-25(11-9-23)30(28,29)16-2-3-18(21)17(20)12-16/h2-3,12,15H,4-11,13H2,1H3,(H,22,27). The van der Waals surface area contributed by atoms with Gasteiger partial charge in [0.25, 0.3) is 0 Å². The highest BCUT2D eigenvalue weighted by molar-refractivity contribution is 7.89. The van der Waals surface area contributed by atoms with Crippen LogP contribution < -0.4 is 5.32 Å². The summed E-state index contributed by atoms with van der Waals surface area (Å²) in [5, 5.41) is 2.77. The topological polar surface area (TPSA) is 90.0 Å². The SMILES string of the molecule is CC(=O)N1CCC(NC(=O)CN2CCN(S(=O)(=O)c3ccc(F)c(Cl)c3)CC2)CC1. The van der Waals surface area contributed by atoms with Gasteiger partial charge < -0.3 is 10.2 Å². The first-order chi connectivity index (χ1) is 14.2. The third-order valence-electron chi connectivity index (χ3n) is 5.53. The lowest BCUT2D eigenvalue weighted by molar-refractivity contribution is -0.130. The number of piperazine rings is 1. The predicted octanol–water partition coefficient (Wildman–Crippen LogP) is 0.913. The second kappa shape index (κ2) is 9.59. The van der Waals surface area contributed by atoms with Crippen molar-refractivity contribution in [1.82, 2.24) is 19.4 Å². The summed E-state index contributed by atoms with van der Waals surface area (Å²) in [7, 11) is -3.77. The van der Waals surface area contributed by atoms with E-state index in [1.807, 2.05) is 4.90 Å². The Bertz CT molecular complexity index is 898. The molecule has 0 aromatic heterocycles. The molecule has 0 atom stereocenters. The molecule has 166 valence electrons. The molecule has 0 bridgehead atoms. The molecule has 2 heterocycles. The summed E-state index contributed by atoms with van der Waals surface area (Å²) in [5.41, 5.74) is 0. The molecule has 2 aliphatic rings. The second-order valence-corrected chi connectivity index (χ2v) is 9.95. The van der Waals surface area contributed by atoms with Crippen molar-refractivity contribution >= 4 is 33.4 Å². The van der Waals surface area contributed by atoms with Gasteiger partial charge >= 0.3 is 0 Å². The zero-order valence-electron chi connectivity index (χ0n) is 16.8. The van der Waals surface area contributed by atoms with Gasteiger partial charge in [-0.1, -0.05) is 11.6 Å². The summed E-state index contributed by atoms with van der Waals surface area (Å²) in [6, 6.07) is 3.41. The first kappa shape index (κ1) is 22.9. The van der Waals surface area contributed by atoms with E-state index in [1.165, 1.54) is 10.4 Å². The van der Waals surface area contributed by atoms with Crippen molar-refractivity contribution < 1.29 is 22.4 Å². The van der Waals surface area contributed by atoms with Crippen molar-refractivity contribution in [3.8, 4) is 0 Å². The second-order valence-electron chi connectivity index (χ2n) is 7.60. The average molecular weight is 461 g/mol. The number of halogens is 2. The van der Waals surface area contributed by atoms with Crippen LogP contribution in [-0.4, -0.2) is 86.2 Å². The Labute approximate surface area is 181 Å². The molecule has 1 N–H and O–H groups in total. The Morgan fingerprint density at radius 3 is 2.33 bits per heavy atom. The van der Waals surface area contributed by atoms with Crippen LogP contribution in [0.15, 0.2) is 23.1 Å². The molecule has 2 aliphatic heterocycles. The van der Waals surface area contributed by atoms with Gasteiger partial charge in [-0.2, -0.15) is 4.31 Å². The fourth-order valence-corrected chi connectivity index (χ4v) is 5.42. The van der Waals surface area contributed by atoms with Crippen molar-refractivity contribution in [3.63, 3.8) is 0 Å². The Hall–Kier alpha value is -1.75. The maximum atomic E-state index is 13.3. The highest BCUT2D eigenvalue weighted by Gasteiger charge is 2.30. The number of carbonyl (C=O) groups excluding carboxylic acids is 2.